The zero-order valence-electron chi connectivity index (χ0n) is 19.2. The van der Waals surface area contributed by atoms with Crippen molar-refractivity contribution in [2.45, 2.75) is 30.9 Å². The topological polar surface area (TPSA) is 96.9 Å². The number of fused-ring (bicyclic) bond motifs is 3. The fourth-order valence-corrected chi connectivity index (χ4v) is 4.76. The van der Waals surface area contributed by atoms with Crippen LogP contribution in [0.1, 0.15) is 19.3 Å². The molecule has 186 valence electrons. The van der Waals surface area contributed by atoms with Crippen molar-refractivity contribution in [3.8, 4) is 11.5 Å². The highest BCUT2D eigenvalue weighted by Gasteiger charge is 2.52. The van der Waals surface area contributed by atoms with Crippen LogP contribution >= 0.6 is 11.6 Å². The fourth-order valence-electron chi connectivity index (χ4n) is 4.64. The molecule has 1 saturated carbocycles. The molecule has 0 aromatic heterocycles. The molecule has 3 aliphatic carbocycles. The van der Waals surface area contributed by atoms with Gasteiger partial charge in [0.15, 0.2) is 13.2 Å². The van der Waals surface area contributed by atoms with E-state index in [0.29, 0.717) is 24.3 Å². The van der Waals surface area contributed by atoms with Crippen molar-refractivity contribution < 1.29 is 28.6 Å². The number of amides is 2. The number of ether oxygens (including phenoxy) is 2. The van der Waals surface area contributed by atoms with Gasteiger partial charge in [-0.2, -0.15) is 0 Å². The van der Waals surface area contributed by atoms with E-state index in [1.807, 2.05) is 42.5 Å². The summed E-state index contributed by atoms with van der Waals surface area (Å²) < 4.78 is 24.5. The zero-order chi connectivity index (χ0) is 25.3. The normalized spacial score (nSPS) is 20.5. The van der Waals surface area contributed by atoms with Crippen LogP contribution in [0.5, 0.6) is 11.5 Å². The number of benzene rings is 3. The van der Waals surface area contributed by atoms with E-state index in [4.69, 9.17) is 21.1 Å². The van der Waals surface area contributed by atoms with E-state index in [1.165, 1.54) is 12.1 Å². The quantitative estimate of drug-likeness (QED) is 0.427. The van der Waals surface area contributed by atoms with Gasteiger partial charge in [0.05, 0.1) is 16.7 Å². The maximum atomic E-state index is 13.5. The first kappa shape index (κ1) is 24.1. The van der Waals surface area contributed by atoms with Crippen molar-refractivity contribution in [1.29, 1.82) is 0 Å². The van der Waals surface area contributed by atoms with E-state index in [-0.39, 0.29) is 36.3 Å². The predicted molar refractivity (Wildman–Crippen MR) is 132 cm³/mol. The molecule has 3 aromatic carbocycles. The van der Waals surface area contributed by atoms with Crippen LogP contribution in [0.2, 0.25) is 5.02 Å². The molecule has 36 heavy (non-hydrogen) atoms. The van der Waals surface area contributed by atoms with Crippen molar-refractivity contribution in [2.24, 2.45) is 0 Å². The number of aliphatic hydroxyl groups is 1. The average molecular weight is 511 g/mol. The number of carbonyl (C=O) groups is 2. The average Bonchev–Trinajstić information content (AvgIpc) is 2.84. The van der Waals surface area contributed by atoms with Gasteiger partial charge in [-0.05, 0) is 53.5 Å². The van der Waals surface area contributed by atoms with Gasteiger partial charge < -0.3 is 25.2 Å². The van der Waals surface area contributed by atoms with Crippen LogP contribution in [-0.2, 0) is 9.59 Å². The van der Waals surface area contributed by atoms with E-state index in [2.05, 4.69) is 10.6 Å². The third kappa shape index (κ3) is 5.01. The van der Waals surface area contributed by atoms with Crippen LogP contribution in [0.25, 0.3) is 10.8 Å². The summed E-state index contributed by atoms with van der Waals surface area (Å²) in [5, 5.41) is 18.5. The molecule has 0 radical (unpaired) electrons. The van der Waals surface area contributed by atoms with Gasteiger partial charge in [-0.15, -0.1) is 0 Å². The Balaban J connectivity index is 1.12. The van der Waals surface area contributed by atoms with Crippen molar-refractivity contribution in [3.63, 3.8) is 0 Å². The van der Waals surface area contributed by atoms with Gasteiger partial charge in [-0.1, -0.05) is 41.9 Å². The van der Waals surface area contributed by atoms with Gasteiger partial charge in [0.1, 0.15) is 17.3 Å². The molecule has 3 aromatic rings. The van der Waals surface area contributed by atoms with E-state index in [9.17, 15) is 19.1 Å². The first-order valence-corrected chi connectivity index (χ1v) is 11.9. The fraction of sp³-hybridized carbons (Fsp3) is 0.259. The Morgan fingerprint density at radius 1 is 0.972 bits per heavy atom. The summed E-state index contributed by atoms with van der Waals surface area (Å²) in [5.74, 6) is -0.604. The van der Waals surface area contributed by atoms with Crippen molar-refractivity contribution in [2.75, 3.05) is 13.2 Å². The largest absolute Gasteiger partial charge is 0.484 e. The first-order valence-electron chi connectivity index (χ1n) is 11.5. The molecule has 0 spiro atoms. The summed E-state index contributed by atoms with van der Waals surface area (Å²) in [6.45, 7) is -0.486. The predicted octanol–water partition coefficient (Wildman–Crippen LogP) is 3.87. The minimum absolute atomic E-state index is 0.0317. The van der Waals surface area contributed by atoms with E-state index in [0.717, 1.165) is 22.4 Å². The Labute approximate surface area is 211 Å². The third-order valence-corrected chi connectivity index (χ3v) is 6.86. The van der Waals surface area contributed by atoms with E-state index < -0.39 is 23.4 Å². The molecule has 1 atom stereocenters. The van der Waals surface area contributed by atoms with Gasteiger partial charge in [0.25, 0.3) is 11.8 Å². The van der Waals surface area contributed by atoms with Gasteiger partial charge in [0.2, 0.25) is 0 Å². The van der Waals surface area contributed by atoms with E-state index >= 15 is 0 Å². The molecule has 0 heterocycles. The highest BCUT2D eigenvalue weighted by atomic mass is 35.5. The molecule has 2 amide bonds. The minimum Gasteiger partial charge on any atom is -0.484 e. The van der Waals surface area contributed by atoms with Gasteiger partial charge in [-0.25, -0.2) is 4.39 Å². The van der Waals surface area contributed by atoms with Gasteiger partial charge in [-0.3, -0.25) is 9.59 Å². The Hall–Kier alpha value is -3.62. The molecule has 7 nitrogen and oxygen atoms in total. The Morgan fingerprint density at radius 2 is 1.64 bits per heavy atom. The van der Waals surface area contributed by atoms with Crippen LogP contribution in [0.15, 0.2) is 71.9 Å². The van der Waals surface area contributed by atoms with Crippen LogP contribution in [-0.4, -0.2) is 41.8 Å². The SMILES string of the molecule is O=C(COc1ccc(Cl)c(F)c1)NC1=C2CC(NC(=O)COc3ccc4ccccc4c3)(C2)[C@@H](O)C1. The van der Waals surface area contributed by atoms with Gasteiger partial charge in [0, 0.05) is 18.2 Å². The van der Waals surface area contributed by atoms with E-state index in [1.54, 1.807) is 0 Å². The van der Waals surface area contributed by atoms with Crippen molar-refractivity contribution in [1.82, 2.24) is 10.6 Å². The summed E-state index contributed by atoms with van der Waals surface area (Å²) in [6.07, 6.45) is 0.215. The number of rotatable bonds is 8. The second kappa shape index (κ2) is 9.79. The van der Waals surface area contributed by atoms with Gasteiger partial charge >= 0.3 is 0 Å². The molecule has 0 saturated heterocycles. The highest BCUT2D eigenvalue weighted by molar-refractivity contribution is 6.30. The lowest BCUT2D eigenvalue weighted by Crippen LogP contribution is -2.65. The maximum Gasteiger partial charge on any atom is 0.262 e. The summed E-state index contributed by atoms with van der Waals surface area (Å²) in [5.41, 5.74) is 0.828. The number of nitrogens with one attached hydrogen (secondary N) is 2. The number of hydrogen-bond acceptors (Lipinski definition) is 5. The number of carbonyl (C=O) groups excluding carboxylic acids is 2. The summed E-state index contributed by atoms with van der Waals surface area (Å²) in [7, 11) is 0. The lowest BCUT2D eigenvalue weighted by Gasteiger charge is -2.52. The third-order valence-electron chi connectivity index (χ3n) is 6.55. The Bertz CT molecular complexity index is 1370. The molecule has 0 unspecified atom stereocenters. The Morgan fingerprint density at radius 3 is 2.36 bits per heavy atom. The van der Waals surface area contributed by atoms with Crippen LogP contribution in [0, 0.1) is 5.82 Å². The lowest BCUT2D eigenvalue weighted by atomic mass is 9.62. The maximum absolute atomic E-state index is 13.5. The first-order chi connectivity index (χ1) is 17.3. The number of halogens is 2. The smallest absolute Gasteiger partial charge is 0.262 e. The molecule has 3 N–H and O–H groups in total. The molecule has 1 fully saturated rings. The standard InChI is InChI=1S/C27H24ClFN2O5/c28-21-8-7-20(10-22(21)29)35-14-25(33)30-23-11-24(32)27(12-18(23)13-27)31-26(34)15-36-19-6-5-16-3-1-2-4-17(16)9-19/h1-10,24,32H,11-15H2,(H,30,33)(H,31,34)/t24-/m0/s1. The molecular formula is C27H24ClFN2O5. The second-order valence-corrected chi connectivity index (χ2v) is 9.48. The molecular weight excluding hydrogens is 487 g/mol. The summed E-state index contributed by atoms with van der Waals surface area (Å²) in [4.78, 5) is 24.9. The monoisotopic (exact) mass is 510 g/mol. The lowest BCUT2D eigenvalue weighted by molar-refractivity contribution is -0.129. The summed E-state index contributed by atoms with van der Waals surface area (Å²) in [6, 6.07) is 17.4. The van der Waals surface area contributed by atoms with Crippen LogP contribution in [0.4, 0.5) is 4.39 Å². The zero-order valence-corrected chi connectivity index (χ0v) is 20.0. The number of hydrogen-bond donors (Lipinski definition) is 3. The Kier molecular flexibility index (Phi) is 6.55. The van der Waals surface area contributed by atoms with Crippen LogP contribution in [0.3, 0.4) is 0 Å². The van der Waals surface area contributed by atoms with Crippen molar-refractivity contribution >= 4 is 34.2 Å². The minimum atomic E-state index is -0.860. The molecule has 9 heteroatoms. The summed E-state index contributed by atoms with van der Waals surface area (Å²) >= 11 is 5.64. The number of aliphatic hydroxyl groups excluding tert-OH is 1. The second-order valence-electron chi connectivity index (χ2n) is 9.07. The molecule has 2 bridgehead atoms. The highest BCUT2D eigenvalue weighted by Crippen LogP contribution is 2.47. The van der Waals surface area contributed by atoms with Crippen LogP contribution < -0.4 is 20.1 Å². The molecule has 6 rings (SSSR count). The van der Waals surface area contributed by atoms with Crippen molar-refractivity contribution in [3.05, 3.63) is 82.8 Å². The molecule has 3 aliphatic rings. The molecule has 0 aliphatic heterocycles.